The van der Waals surface area contributed by atoms with E-state index in [1.807, 2.05) is 0 Å². The Morgan fingerprint density at radius 3 is 2.73 bits per heavy atom. The molecular formula is C21H24N2O6S. The Hall–Kier alpha value is -2.78. The van der Waals surface area contributed by atoms with E-state index in [4.69, 9.17) is 9.47 Å². The van der Waals surface area contributed by atoms with Gasteiger partial charge < -0.3 is 19.5 Å². The summed E-state index contributed by atoms with van der Waals surface area (Å²) in [6, 6.07) is 3.32. The molecule has 30 heavy (non-hydrogen) atoms. The van der Waals surface area contributed by atoms with Crippen molar-refractivity contribution in [3.63, 3.8) is 0 Å². The van der Waals surface area contributed by atoms with E-state index in [9.17, 15) is 19.5 Å². The molecule has 2 aliphatic heterocycles. The first-order valence-corrected chi connectivity index (χ1v) is 10.5. The van der Waals surface area contributed by atoms with Crippen molar-refractivity contribution < 1.29 is 29.0 Å². The number of carbonyl (C=O) groups is 3. The minimum atomic E-state index is -0.511. The van der Waals surface area contributed by atoms with Crippen molar-refractivity contribution in [3.8, 4) is 11.5 Å². The molecule has 0 atom stereocenters. The molecule has 3 rings (SSSR count). The fourth-order valence-corrected chi connectivity index (χ4v) is 4.02. The van der Waals surface area contributed by atoms with Crippen LogP contribution in [0.4, 0.5) is 4.79 Å². The maximum Gasteiger partial charge on any atom is 0.294 e. The van der Waals surface area contributed by atoms with Gasteiger partial charge in [0.2, 0.25) is 5.91 Å². The second kappa shape index (κ2) is 9.82. The number of aromatic hydroxyl groups is 1. The van der Waals surface area contributed by atoms with E-state index < -0.39 is 11.1 Å². The second-order valence-corrected chi connectivity index (χ2v) is 7.71. The third-order valence-corrected chi connectivity index (χ3v) is 5.58. The number of nitrogens with zero attached hydrogens (tertiary/aromatic N) is 2. The number of imide groups is 1. The summed E-state index contributed by atoms with van der Waals surface area (Å²) >= 11 is 0.788. The van der Waals surface area contributed by atoms with Gasteiger partial charge in [0, 0.05) is 18.7 Å². The lowest BCUT2D eigenvalue weighted by Gasteiger charge is -2.28. The molecule has 0 aliphatic carbocycles. The Morgan fingerprint density at radius 1 is 1.33 bits per heavy atom. The summed E-state index contributed by atoms with van der Waals surface area (Å²) in [6.07, 6.45) is 3.64. The average Bonchev–Trinajstić information content (AvgIpc) is 2.99. The van der Waals surface area contributed by atoms with E-state index in [2.05, 4.69) is 6.58 Å². The van der Waals surface area contributed by atoms with Crippen molar-refractivity contribution in [1.29, 1.82) is 0 Å². The number of carbonyl (C=O) groups excluding carboxylic acids is 3. The molecule has 2 fully saturated rings. The number of benzene rings is 1. The molecule has 0 saturated carbocycles. The molecule has 2 aliphatic rings. The zero-order chi connectivity index (χ0) is 21.7. The second-order valence-electron chi connectivity index (χ2n) is 6.71. The number of hydrogen-bond donors (Lipinski definition) is 1. The lowest BCUT2D eigenvalue weighted by molar-refractivity contribution is -0.139. The first-order chi connectivity index (χ1) is 14.4. The topological polar surface area (TPSA) is 96.4 Å². The molecular weight excluding hydrogens is 408 g/mol. The molecule has 1 N–H and O–H groups in total. The highest BCUT2D eigenvalue weighted by Crippen LogP contribution is 2.36. The van der Waals surface area contributed by atoms with Crippen LogP contribution in [0.25, 0.3) is 6.08 Å². The van der Waals surface area contributed by atoms with Gasteiger partial charge in [-0.1, -0.05) is 6.08 Å². The van der Waals surface area contributed by atoms with Crippen molar-refractivity contribution in [2.45, 2.75) is 13.3 Å². The van der Waals surface area contributed by atoms with Gasteiger partial charge in [-0.25, -0.2) is 0 Å². The van der Waals surface area contributed by atoms with Gasteiger partial charge in [0.15, 0.2) is 11.5 Å². The highest BCUT2D eigenvalue weighted by atomic mass is 32.2. The zero-order valence-corrected chi connectivity index (χ0v) is 17.6. The van der Waals surface area contributed by atoms with E-state index >= 15 is 0 Å². The highest BCUT2D eigenvalue weighted by Gasteiger charge is 2.37. The number of phenols is 1. The molecule has 1 aromatic rings. The molecule has 0 radical (unpaired) electrons. The number of phenolic OH excluding ortho intramolecular Hbond substituents is 1. The van der Waals surface area contributed by atoms with Crippen molar-refractivity contribution in [1.82, 2.24) is 9.80 Å². The monoisotopic (exact) mass is 432 g/mol. The van der Waals surface area contributed by atoms with Crippen LogP contribution in [-0.2, 0) is 20.7 Å². The van der Waals surface area contributed by atoms with Crippen LogP contribution in [0.3, 0.4) is 0 Å². The molecule has 9 heteroatoms. The fourth-order valence-electron chi connectivity index (χ4n) is 3.18. The number of rotatable bonds is 7. The Bertz CT molecular complexity index is 892. The average molecular weight is 432 g/mol. The third kappa shape index (κ3) is 4.85. The third-order valence-electron chi connectivity index (χ3n) is 4.67. The smallest absolute Gasteiger partial charge is 0.294 e. The predicted molar refractivity (Wildman–Crippen MR) is 113 cm³/mol. The SMILES string of the molecule is C=CCc1cc(/C=C2/SC(=O)N(CC(=O)N3CCOCC3)C2=O)cc(OCC)c1O. The molecule has 8 nitrogen and oxygen atoms in total. The molecule has 3 amide bonds. The van der Waals surface area contributed by atoms with Crippen LogP contribution in [0.2, 0.25) is 0 Å². The highest BCUT2D eigenvalue weighted by molar-refractivity contribution is 8.18. The Labute approximate surface area is 179 Å². The summed E-state index contributed by atoms with van der Waals surface area (Å²) in [5.74, 6) is -0.468. The summed E-state index contributed by atoms with van der Waals surface area (Å²) in [5.41, 5.74) is 1.21. The van der Waals surface area contributed by atoms with Crippen molar-refractivity contribution >= 4 is 34.9 Å². The normalized spacial score (nSPS) is 18.2. The summed E-state index contributed by atoms with van der Waals surface area (Å²) in [6.45, 7) is 7.36. The fraction of sp³-hybridized carbons (Fsp3) is 0.381. The Kier molecular flexibility index (Phi) is 7.17. The van der Waals surface area contributed by atoms with Crippen LogP contribution in [0.5, 0.6) is 11.5 Å². The van der Waals surface area contributed by atoms with Crippen LogP contribution in [0.1, 0.15) is 18.1 Å². The summed E-state index contributed by atoms with van der Waals surface area (Å²) in [5, 5.41) is 9.83. The first kappa shape index (κ1) is 21.9. The van der Waals surface area contributed by atoms with E-state index in [-0.39, 0.29) is 23.1 Å². The van der Waals surface area contributed by atoms with Crippen LogP contribution < -0.4 is 4.74 Å². The molecule has 2 heterocycles. The first-order valence-electron chi connectivity index (χ1n) is 9.65. The van der Waals surface area contributed by atoms with Crippen molar-refractivity contribution in [2.24, 2.45) is 0 Å². The van der Waals surface area contributed by atoms with Crippen LogP contribution in [0.15, 0.2) is 29.7 Å². The van der Waals surface area contributed by atoms with Gasteiger partial charge in [0.1, 0.15) is 6.54 Å². The Balaban J connectivity index is 1.80. The lowest BCUT2D eigenvalue weighted by atomic mass is 10.1. The molecule has 0 unspecified atom stereocenters. The molecule has 2 saturated heterocycles. The minimum absolute atomic E-state index is 0.0260. The summed E-state index contributed by atoms with van der Waals surface area (Å²) in [4.78, 5) is 40.3. The van der Waals surface area contributed by atoms with E-state index in [1.54, 1.807) is 36.1 Å². The minimum Gasteiger partial charge on any atom is -0.504 e. The number of morpholine rings is 1. The molecule has 0 aromatic heterocycles. The molecule has 160 valence electrons. The summed E-state index contributed by atoms with van der Waals surface area (Å²) in [7, 11) is 0. The van der Waals surface area contributed by atoms with E-state index in [0.29, 0.717) is 56.2 Å². The van der Waals surface area contributed by atoms with E-state index in [0.717, 1.165) is 16.7 Å². The molecule has 1 aromatic carbocycles. The van der Waals surface area contributed by atoms with Gasteiger partial charge in [0.25, 0.3) is 11.1 Å². The van der Waals surface area contributed by atoms with Crippen LogP contribution in [-0.4, -0.2) is 71.4 Å². The quantitative estimate of drug-likeness (QED) is 0.522. The van der Waals surface area contributed by atoms with Crippen molar-refractivity contribution in [2.75, 3.05) is 39.5 Å². The molecule has 0 spiro atoms. The van der Waals surface area contributed by atoms with Gasteiger partial charge in [0.05, 0.1) is 24.7 Å². The number of allylic oxidation sites excluding steroid dienone is 1. The van der Waals surface area contributed by atoms with Gasteiger partial charge in [-0.3, -0.25) is 19.3 Å². The van der Waals surface area contributed by atoms with Gasteiger partial charge in [-0.05, 0) is 48.9 Å². The maximum atomic E-state index is 12.8. The predicted octanol–water partition coefficient (Wildman–Crippen LogP) is 2.41. The molecule has 0 bridgehead atoms. The van der Waals surface area contributed by atoms with Crippen LogP contribution >= 0.6 is 11.8 Å². The number of hydrogen-bond acceptors (Lipinski definition) is 7. The largest absolute Gasteiger partial charge is 0.504 e. The lowest BCUT2D eigenvalue weighted by Crippen LogP contribution is -2.46. The standard InChI is InChI=1S/C21H24N2O6S/c1-3-5-15-10-14(11-16(19(15)25)29-4-2)12-17-20(26)23(21(27)30-17)13-18(24)22-6-8-28-9-7-22/h3,10-12,25H,1,4-9,13H2,2H3/b17-12+. The maximum absolute atomic E-state index is 12.8. The van der Waals surface area contributed by atoms with Crippen molar-refractivity contribution in [3.05, 3.63) is 40.8 Å². The number of thioether (sulfide) groups is 1. The van der Waals surface area contributed by atoms with Gasteiger partial charge >= 0.3 is 0 Å². The summed E-state index contributed by atoms with van der Waals surface area (Å²) < 4.78 is 10.7. The zero-order valence-electron chi connectivity index (χ0n) is 16.8. The van der Waals surface area contributed by atoms with Gasteiger partial charge in [-0.15, -0.1) is 6.58 Å². The van der Waals surface area contributed by atoms with E-state index in [1.165, 1.54) is 0 Å². The van der Waals surface area contributed by atoms with Crippen LogP contribution in [0, 0.1) is 0 Å². The Morgan fingerprint density at radius 2 is 2.07 bits per heavy atom. The number of amides is 3. The van der Waals surface area contributed by atoms with Gasteiger partial charge in [-0.2, -0.15) is 0 Å². The number of ether oxygens (including phenoxy) is 2.